The Bertz CT molecular complexity index is 851. The second-order valence-corrected chi connectivity index (χ2v) is 14.8. The van der Waals surface area contributed by atoms with Crippen LogP contribution in [0, 0.1) is 0 Å². The van der Waals surface area contributed by atoms with E-state index in [9.17, 15) is 0 Å². The van der Waals surface area contributed by atoms with E-state index < -0.39 is 8.32 Å². The molecule has 0 aromatic heterocycles. The molecule has 4 nitrogen and oxygen atoms in total. The molecule has 0 aliphatic heterocycles. The van der Waals surface area contributed by atoms with Gasteiger partial charge < -0.3 is 18.6 Å². The highest BCUT2D eigenvalue weighted by Crippen LogP contribution is 2.36. The Morgan fingerprint density at radius 3 is 1.84 bits per heavy atom. The molecule has 5 heteroatoms. The maximum Gasteiger partial charge on any atom is 0.192 e. The fourth-order valence-electron chi connectivity index (χ4n) is 3.08. The number of methoxy groups -OCH3 is 2. The van der Waals surface area contributed by atoms with E-state index in [0.29, 0.717) is 19.8 Å². The molecule has 0 radical (unpaired) electrons. The third kappa shape index (κ3) is 7.22. The van der Waals surface area contributed by atoms with Crippen molar-refractivity contribution < 1.29 is 18.6 Å². The van der Waals surface area contributed by atoms with Gasteiger partial charge in [0.05, 0.1) is 34.0 Å². The topological polar surface area (TPSA) is 36.9 Å². The van der Waals surface area contributed by atoms with Crippen LogP contribution >= 0.6 is 0 Å². The monoisotopic (exact) mass is 456 g/mol. The van der Waals surface area contributed by atoms with Crippen molar-refractivity contribution in [2.45, 2.75) is 57.8 Å². The minimum atomic E-state index is -1.78. The molecule has 0 heterocycles. The van der Waals surface area contributed by atoms with Gasteiger partial charge in [0.15, 0.2) is 8.32 Å². The molecule has 0 aliphatic carbocycles. The van der Waals surface area contributed by atoms with Crippen LogP contribution in [0.5, 0.6) is 11.5 Å². The van der Waals surface area contributed by atoms with Crippen LogP contribution in [-0.4, -0.2) is 35.8 Å². The number of benzene rings is 2. The summed E-state index contributed by atoms with van der Waals surface area (Å²) in [6, 6.07) is 16.2. The van der Waals surface area contributed by atoms with Gasteiger partial charge in [0.25, 0.3) is 0 Å². The van der Waals surface area contributed by atoms with Gasteiger partial charge in [-0.15, -0.1) is 0 Å². The normalized spacial score (nSPS) is 14.4. The molecule has 2 aromatic rings. The zero-order valence-electron chi connectivity index (χ0n) is 21.0. The Morgan fingerprint density at radius 1 is 0.812 bits per heavy atom. The maximum absolute atomic E-state index is 6.34. The minimum absolute atomic E-state index is 0.196. The molecular formula is C27H40O4Si. The molecule has 0 N–H and O–H groups in total. The largest absolute Gasteiger partial charge is 0.497 e. The molecule has 0 amide bonds. The SMILES string of the molecule is COc1ccc(COC[C@](C)(/C=C/CO[Si](C)(C)C(C)(C)C)c2ccc(OC)cc2)cc1. The summed E-state index contributed by atoms with van der Waals surface area (Å²) in [5.74, 6) is 1.70. The van der Waals surface area contributed by atoms with Crippen molar-refractivity contribution >= 4 is 8.32 Å². The van der Waals surface area contributed by atoms with Crippen LogP contribution < -0.4 is 9.47 Å². The van der Waals surface area contributed by atoms with Gasteiger partial charge in [0.1, 0.15) is 11.5 Å². The van der Waals surface area contributed by atoms with Gasteiger partial charge in [-0.2, -0.15) is 0 Å². The molecule has 0 spiro atoms. The predicted molar refractivity (Wildman–Crippen MR) is 135 cm³/mol. The van der Waals surface area contributed by atoms with Crippen LogP contribution in [0.4, 0.5) is 0 Å². The van der Waals surface area contributed by atoms with Crippen molar-refractivity contribution in [2.75, 3.05) is 27.4 Å². The van der Waals surface area contributed by atoms with E-state index in [4.69, 9.17) is 18.6 Å². The Morgan fingerprint density at radius 2 is 1.34 bits per heavy atom. The second-order valence-electron chi connectivity index (χ2n) is 9.96. The number of hydrogen-bond acceptors (Lipinski definition) is 4. The van der Waals surface area contributed by atoms with Crippen LogP contribution in [-0.2, 0) is 21.2 Å². The van der Waals surface area contributed by atoms with Crippen molar-refractivity contribution in [3.05, 3.63) is 71.8 Å². The number of rotatable bonds is 11. The Balaban J connectivity index is 2.11. The van der Waals surface area contributed by atoms with E-state index in [-0.39, 0.29) is 10.5 Å². The third-order valence-electron chi connectivity index (χ3n) is 6.41. The summed E-state index contributed by atoms with van der Waals surface area (Å²) >= 11 is 0. The van der Waals surface area contributed by atoms with Crippen molar-refractivity contribution in [1.29, 1.82) is 0 Å². The average Bonchev–Trinajstić information content (AvgIpc) is 2.76. The number of ether oxygens (including phenoxy) is 3. The van der Waals surface area contributed by atoms with Crippen molar-refractivity contribution in [3.8, 4) is 11.5 Å². The van der Waals surface area contributed by atoms with E-state index in [2.05, 4.69) is 65.1 Å². The second kappa shape index (κ2) is 11.2. The lowest BCUT2D eigenvalue weighted by atomic mass is 9.83. The number of hydrogen-bond donors (Lipinski definition) is 0. The summed E-state index contributed by atoms with van der Waals surface area (Å²) in [6.07, 6.45) is 4.36. The first-order valence-corrected chi connectivity index (χ1v) is 14.1. The molecule has 0 bridgehead atoms. The molecule has 2 rings (SSSR count). The molecular weight excluding hydrogens is 416 g/mol. The van der Waals surface area contributed by atoms with Gasteiger partial charge in [-0.3, -0.25) is 0 Å². The molecule has 0 aliphatic rings. The molecule has 2 aromatic carbocycles. The Labute approximate surface area is 195 Å². The zero-order valence-corrected chi connectivity index (χ0v) is 22.0. The summed E-state index contributed by atoms with van der Waals surface area (Å²) in [5.41, 5.74) is 2.01. The highest BCUT2D eigenvalue weighted by Gasteiger charge is 2.36. The quantitative estimate of drug-likeness (QED) is 0.277. The van der Waals surface area contributed by atoms with Crippen LogP contribution in [0.3, 0.4) is 0 Å². The van der Waals surface area contributed by atoms with Gasteiger partial charge in [-0.05, 0) is 60.4 Å². The summed E-state index contributed by atoms with van der Waals surface area (Å²) in [6.45, 7) is 15.3. The molecule has 0 saturated heterocycles. The van der Waals surface area contributed by atoms with Crippen LogP contribution in [0.1, 0.15) is 38.8 Å². The van der Waals surface area contributed by atoms with E-state index >= 15 is 0 Å². The van der Waals surface area contributed by atoms with Gasteiger partial charge in [0.2, 0.25) is 0 Å². The first-order chi connectivity index (χ1) is 15.0. The Hall–Kier alpha value is -2.08. The third-order valence-corrected chi connectivity index (χ3v) is 10.9. The molecule has 176 valence electrons. The van der Waals surface area contributed by atoms with Crippen LogP contribution in [0.2, 0.25) is 18.1 Å². The summed E-state index contributed by atoms with van der Waals surface area (Å²) in [5, 5.41) is 0.196. The molecule has 1 atom stereocenters. The highest BCUT2D eigenvalue weighted by atomic mass is 28.4. The average molecular weight is 457 g/mol. The lowest BCUT2D eigenvalue weighted by Crippen LogP contribution is -2.40. The van der Waals surface area contributed by atoms with Crippen LogP contribution in [0.25, 0.3) is 0 Å². The van der Waals surface area contributed by atoms with Crippen molar-refractivity contribution in [2.24, 2.45) is 0 Å². The van der Waals surface area contributed by atoms with E-state index in [1.807, 2.05) is 36.4 Å². The highest BCUT2D eigenvalue weighted by molar-refractivity contribution is 6.74. The molecule has 0 saturated carbocycles. The fourth-order valence-corrected chi connectivity index (χ4v) is 4.03. The van der Waals surface area contributed by atoms with Gasteiger partial charge in [-0.25, -0.2) is 0 Å². The first-order valence-electron chi connectivity index (χ1n) is 11.2. The zero-order chi connectivity index (χ0) is 23.8. The minimum Gasteiger partial charge on any atom is -0.497 e. The van der Waals surface area contributed by atoms with E-state index in [1.165, 1.54) is 5.56 Å². The van der Waals surface area contributed by atoms with E-state index in [1.54, 1.807) is 14.2 Å². The van der Waals surface area contributed by atoms with Crippen LogP contribution in [0.15, 0.2) is 60.7 Å². The van der Waals surface area contributed by atoms with Crippen molar-refractivity contribution in [3.63, 3.8) is 0 Å². The lowest BCUT2D eigenvalue weighted by Gasteiger charge is -2.36. The summed E-state index contributed by atoms with van der Waals surface area (Å²) in [4.78, 5) is 0. The lowest BCUT2D eigenvalue weighted by molar-refractivity contribution is 0.0909. The van der Waals surface area contributed by atoms with E-state index in [0.717, 1.165) is 17.1 Å². The summed E-state index contributed by atoms with van der Waals surface area (Å²) < 4.78 is 23.1. The van der Waals surface area contributed by atoms with Gasteiger partial charge >= 0.3 is 0 Å². The van der Waals surface area contributed by atoms with Gasteiger partial charge in [0, 0.05) is 5.41 Å². The Kier molecular flexibility index (Phi) is 9.14. The smallest absolute Gasteiger partial charge is 0.192 e. The molecule has 0 fully saturated rings. The van der Waals surface area contributed by atoms with Crippen molar-refractivity contribution in [1.82, 2.24) is 0 Å². The fraction of sp³-hybridized carbons (Fsp3) is 0.481. The molecule has 0 unspecified atom stereocenters. The standard InChI is InChI=1S/C27H40O4Si/c1-26(2,3)32(7,8)31-19-9-18-27(4,23-12-16-25(29-6)17-13-23)21-30-20-22-10-14-24(28-5)15-11-22/h9-18H,19-21H2,1-8H3/b18-9+/t27-/m0/s1. The van der Waals surface area contributed by atoms with Gasteiger partial charge in [-0.1, -0.05) is 57.2 Å². The predicted octanol–water partition coefficient (Wildman–Crippen LogP) is 6.76. The first kappa shape index (κ1) is 26.2. The maximum atomic E-state index is 6.34. The summed E-state index contributed by atoms with van der Waals surface area (Å²) in [7, 11) is 1.58. The molecule has 32 heavy (non-hydrogen) atoms.